The van der Waals surface area contributed by atoms with E-state index in [-0.39, 0.29) is 18.4 Å². The molecule has 2 N–H and O–H groups in total. The first-order chi connectivity index (χ1) is 11.5. The third-order valence-corrected chi connectivity index (χ3v) is 6.72. The van der Waals surface area contributed by atoms with E-state index >= 15 is 0 Å². The zero-order chi connectivity index (χ0) is 17.2. The van der Waals surface area contributed by atoms with Crippen LogP contribution in [0.5, 0.6) is 0 Å². The van der Waals surface area contributed by atoms with Crippen LogP contribution in [0.3, 0.4) is 0 Å². The lowest BCUT2D eigenvalue weighted by molar-refractivity contribution is -0.129. The number of likely N-dealkylation sites (tertiary alicyclic amines) is 1. The zero-order valence-electron chi connectivity index (χ0n) is 13.9. The molecule has 3 rings (SSSR count). The van der Waals surface area contributed by atoms with E-state index in [9.17, 15) is 13.2 Å². The minimum absolute atomic E-state index is 0.0505. The number of carbonyl (C=O) groups is 1. The van der Waals surface area contributed by atoms with E-state index in [0.29, 0.717) is 31.1 Å². The Morgan fingerprint density at radius 2 is 1.75 bits per heavy atom. The van der Waals surface area contributed by atoms with Crippen LogP contribution in [0.4, 0.5) is 0 Å². The van der Waals surface area contributed by atoms with Gasteiger partial charge in [0.25, 0.3) is 0 Å². The molecule has 1 amide bonds. The molecule has 1 atom stereocenters. The SMILES string of the molecule is N[C@@H]1CCN(C(=O)Cc2ccc(S(=O)(=O)N3CCCCC3)cc2)C1. The minimum Gasteiger partial charge on any atom is -0.341 e. The lowest BCUT2D eigenvalue weighted by Gasteiger charge is -2.25. The van der Waals surface area contributed by atoms with Crippen LogP contribution < -0.4 is 5.73 Å². The number of hydrogen-bond donors (Lipinski definition) is 1. The topological polar surface area (TPSA) is 83.7 Å². The summed E-state index contributed by atoms with van der Waals surface area (Å²) in [5.41, 5.74) is 6.66. The highest BCUT2D eigenvalue weighted by atomic mass is 32.2. The molecule has 7 heteroatoms. The largest absolute Gasteiger partial charge is 0.341 e. The van der Waals surface area contributed by atoms with E-state index in [0.717, 1.165) is 31.2 Å². The molecule has 1 aromatic carbocycles. The van der Waals surface area contributed by atoms with Crippen LogP contribution in [0.15, 0.2) is 29.2 Å². The van der Waals surface area contributed by atoms with Crippen molar-refractivity contribution >= 4 is 15.9 Å². The summed E-state index contributed by atoms with van der Waals surface area (Å²) in [5, 5.41) is 0. The third kappa shape index (κ3) is 3.79. The molecule has 1 aromatic rings. The molecule has 2 saturated heterocycles. The number of carbonyl (C=O) groups excluding carboxylic acids is 1. The van der Waals surface area contributed by atoms with Crippen molar-refractivity contribution in [1.82, 2.24) is 9.21 Å². The van der Waals surface area contributed by atoms with Crippen molar-refractivity contribution in [1.29, 1.82) is 0 Å². The Bertz CT molecular complexity index is 682. The number of rotatable bonds is 4. The Morgan fingerprint density at radius 3 is 2.33 bits per heavy atom. The van der Waals surface area contributed by atoms with Crippen molar-refractivity contribution in [2.24, 2.45) is 5.73 Å². The molecule has 2 heterocycles. The number of sulfonamides is 1. The molecule has 132 valence electrons. The highest BCUT2D eigenvalue weighted by molar-refractivity contribution is 7.89. The van der Waals surface area contributed by atoms with Gasteiger partial charge in [-0.15, -0.1) is 0 Å². The Hall–Kier alpha value is -1.44. The van der Waals surface area contributed by atoms with Gasteiger partial charge in [-0.05, 0) is 37.0 Å². The average Bonchev–Trinajstić information content (AvgIpc) is 3.03. The van der Waals surface area contributed by atoms with Crippen molar-refractivity contribution in [2.45, 2.75) is 43.0 Å². The summed E-state index contributed by atoms with van der Waals surface area (Å²) in [6, 6.07) is 6.78. The van der Waals surface area contributed by atoms with Crippen LogP contribution in [-0.2, 0) is 21.2 Å². The molecular formula is C17H25N3O3S. The van der Waals surface area contributed by atoms with Gasteiger partial charge >= 0.3 is 0 Å². The van der Waals surface area contributed by atoms with E-state index in [1.807, 2.05) is 0 Å². The van der Waals surface area contributed by atoms with Gasteiger partial charge in [0.1, 0.15) is 0 Å². The summed E-state index contributed by atoms with van der Waals surface area (Å²) < 4.78 is 26.8. The molecule has 0 radical (unpaired) electrons. The quantitative estimate of drug-likeness (QED) is 0.876. The lowest BCUT2D eigenvalue weighted by atomic mass is 10.1. The average molecular weight is 351 g/mol. The summed E-state index contributed by atoms with van der Waals surface area (Å²) in [6.07, 6.45) is 4.07. The van der Waals surface area contributed by atoms with E-state index in [1.54, 1.807) is 33.5 Å². The van der Waals surface area contributed by atoms with Crippen LogP contribution in [0, 0.1) is 0 Å². The molecule has 2 fully saturated rings. The number of piperidine rings is 1. The van der Waals surface area contributed by atoms with Crippen LogP contribution in [0.2, 0.25) is 0 Å². The first-order valence-corrected chi connectivity index (χ1v) is 10.0. The second kappa shape index (κ2) is 7.21. The van der Waals surface area contributed by atoms with Crippen molar-refractivity contribution in [2.75, 3.05) is 26.2 Å². The van der Waals surface area contributed by atoms with Crippen LogP contribution in [-0.4, -0.2) is 55.8 Å². The number of nitrogens with zero attached hydrogens (tertiary/aromatic N) is 2. The first-order valence-electron chi connectivity index (χ1n) is 8.59. The van der Waals surface area contributed by atoms with Gasteiger partial charge in [-0.1, -0.05) is 18.6 Å². The summed E-state index contributed by atoms with van der Waals surface area (Å²) in [6.45, 7) is 2.51. The molecule has 0 spiro atoms. The van der Waals surface area contributed by atoms with Crippen molar-refractivity contribution in [3.63, 3.8) is 0 Å². The number of hydrogen-bond acceptors (Lipinski definition) is 4. The number of benzene rings is 1. The highest BCUT2D eigenvalue weighted by Crippen LogP contribution is 2.21. The van der Waals surface area contributed by atoms with E-state index in [1.165, 1.54) is 0 Å². The molecule has 0 bridgehead atoms. The molecule has 0 saturated carbocycles. The van der Waals surface area contributed by atoms with Gasteiger partial charge in [-0.2, -0.15) is 4.31 Å². The van der Waals surface area contributed by atoms with Crippen molar-refractivity contribution in [3.8, 4) is 0 Å². The molecule has 6 nitrogen and oxygen atoms in total. The second-order valence-corrected chi connectivity index (χ2v) is 8.61. The summed E-state index contributed by atoms with van der Waals surface area (Å²) in [5.74, 6) is 0.0505. The third-order valence-electron chi connectivity index (χ3n) is 4.81. The Kier molecular flexibility index (Phi) is 5.22. The van der Waals surface area contributed by atoms with Gasteiger partial charge < -0.3 is 10.6 Å². The van der Waals surface area contributed by atoms with Gasteiger partial charge in [0.2, 0.25) is 15.9 Å². The minimum atomic E-state index is -3.41. The van der Waals surface area contributed by atoms with E-state index in [2.05, 4.69) is 0 Å². The smallest absolute Gasteiger partial charge is 0.243 e. The summed E-state index contributed by atoms with van der Waals surface area (Å²) in [7, 11) is -3.41. The Balaban J connectivity index is 1.65. The Labute approximate surface area is 143 Å². The summed E-state index contributed by atoms with van der Waals surface area (Å²) in [4.78, 5) is 14.3. The van der Waals surface area contributed by atoms with Gasteiger partial charge in [0, 0.05) is 32.2 Å². The molecule has 2 aliphatic heterocycles. The number of amides is 1. The van der Waals surface area contributed by atoms with E-state index < -0.39 is 10.0 Å². The maximum atomic E-state index is 12.6. The fraction of sp³-hybridized carbons (Fsp3) is 0.588. The van der Waals surface area contributed by atoms with Crippen LogP contribution in [0.25, 0.3) is 0 Å². The molecular weight excluding hydrogens is 326 g/mol. The van der Waals surface area contributed by atoms with Gasteiger partial charge in [0.05, 0.1) is 11.3 Å². The second-order valence-electron chi connectivity index (χ2n) is 6.67. The zero-order valence-corrected chi connectivity index (χ0v) is 14.7. The molecule has 0 aromatic heterocycles. The van der Waals surface area contributed by atoms with Gasteiger partial charge in [-0.25, -0.2) is 8.42 Å². The molecule has 2 aliphatic rings. The predicted molar refractivity (Wildman–Crippen MR) is 91.9 cm³/mol. The van der Waals surface area contributed by atoms with Gasteiger partial charge in [0.15, 0.2) is 0 Å². The highest BCUT2D eigenvalue weighted by Gasteiger charge is 2.26. The maximum absolute atomic E-state index is 12.6. The monoisotopic (exact) mass is 351 g/mol. The Morgan fingerprint density at radius 1 is 1.08 bits per heavy atom. The van der Waals surface area contributed by atoms with Crippen LogP contribution >= 0.6 is 0 Å². The molecule has 24 heavy (non-hydrogen) atoms. The number of nitrogens with two attached hydrogens (primary N) is 1. The van der Waals surface area contributed by atoms with Crippen molar-refractivity contribution < 1.29 is 13.2 Å². The summed E-state index contributed by atoms with van der Waals surface area (Å²) >= 11 is 0. The van der Waals surface area contributed by atoms with E-state index in [4.69, 9.17) is 5.73 Å². The fourth-order valence-corrected chi connectivity index (χ4v) is 4.85. The molecule has 0 unspecified atom stereocenters. The maximum Gasteiger partial charge on any atom is 0.243 e. The van der Waals surface area contributed by atoms with Gasteiger partial charge in [-0.3, -0.25) is 4.79 Å². The first kappa shape index (κ1) is 17.4. The van der Waals surface area contributed by atoms with Crippen molar-refractivity contribution in [3.05, 3.63) is 29.8 Å². The lowest BCUT2D eigenvalue weighted by Crippen LogP contribution is -2.35. The fourth-order valence-electron chi connectivity index (χ4n) is 3.33. The molecule has 0 aliphatic carbocycles. The standard InChI is InChI=1S/C17H25N3O3S/c18-15-8-11-19(13-15)17(21)12-14-4-6-16(7-5-14)24(22,23)20-9-2-1-3-10-20/h4-7,15H,1-3,8-13,18H2/t15-/m1/s1. The predicted octanol–water partition coefficient (Wildman–Crippen LogP) is 0.963. The van der Waals surface area contributed by atoms with Crippen LogP contribution in [0.1, 0.15) is 31.2 Å². The normalized spacial score (nSPS) is 22.7.